The Bertz CT molecular complexity index is 538. The molecule has 6 heteroatoms. The van der Waals surface area contributed by atoms with Gasteiger partial charge in [-0.05, 0) is 43.9 Å². The number of halogens is 1. The fourth-order valence-electron chi connectivity index (χ4n) is 2.62. The quantitative estimate of drug-likeness (QED) is 0.895. The maximum absolute atomic E-state index is 12.3. The summed E-state index contributed by atoms with van der Waals surface area (Å²) in [6.45, 7) is 0. The van der Waals surface area contributed by atoms with Crippen molar-refractivity contribution in [2.75, 3.05) is 12.4 Å². The third-order valence-electron chi connectivity index (χ3n) is 3.87. The van der Waals surface area contributed by atoms with Crippen molar-refractivity contribution >= 4 is 29.2 Å². The first-order chi connectivity index (χ1) is 10.0. The van der Waals surface area contributed by atoms with Crippen molar-refractivity contribution in [3.05, 3.63) is 23.2 Å². The molecule has 114 valence electrons. The van der Waals surface area contributed by atoms with E-state index in [1.165, 1.54) is 7.11 Å². The highest BCUT2D eigenvalue weighted by molar-refractivity contribution is 6.31. The fourth-order valence-corrected chi connectivity index (χ4v) is 2.79. The predicted octanol–water partition coefficient (Wildman–Crippen LogP) is 3.18. The summed E-state index contributed by atoms with van der Waals surface area (Å²) < 4.78 is 5.19. The van der Waals surface area contributed by atoms with Gasteiger partial charge in [-0.25, -0.2) is 0 Å². The Labute approximate surface area is 128 Å². The molecule has 2 N–H and O–H groups in total. The first kappa shape index (κ1) is 15.6. The maximum atomic E-state index is 12.3. The van der Waals surface area contributed by atoms with Crippen LogP contribution in [0.25, 0.3) is 0 Å². The van der Waals surface area contributed by atoms with Gasteiger partial charge in [0, 0.05) is 10.9 Å². The van der Waals surface area contributed by atoms with Crippen LogP contribution in [0.2, 0.25) is 5.02 Å². The maximum Gasteiger partial charge on any atom is 0.306 e. The first-order valence-corrected chi connectivity index (χ1v) is 7.26. The van der Waals surface area contributed by atoms with Crippen molar-refractivity contribution < 1.29 is 19.4 Å². The SMILES string of the molecule is COc1ccc(Cl)cc1NC(=O)C1CCC(C(=O)O)CC1. The molecule has 1 aliphatic carbocycles. The van der Waals surface area contributed by atoms with Gasteiger partial charge in [-0.15, -0.1) is 0 Å². The lowest BCUT2D eigenvalue weighted by molar-refractivity contribution is -0.143. The van der Waals surface area contributed by atoms with Crippen molar-refractivity contribution in [1.82, 2.24) is 0 Å². The van der Waals surface area contributed by atoms with Gasteiger partial charge in [0.1, 0.15) is 5.75 Å². The summed E-state index contributed by atoms with van der Waals surface area (Å²) in [5.41, 5.74) is 0.537. The Morgan fingerprint density at radius 2 is 1.86 bits per heavy atom. The van der Waals surface area contributed by atoms with E-state index in [1.807, 2.05) is 0 Å². The third-order valence-corrected chi connectivity index (χ3v) is 4.10. The minimum atomic E-state index is -0.773. The number of carbonyl (C=O) groups is 2. The van der Waals surface area contributed by atoms with E-state index in [2.05, 4.69) is 5.32 Å². The van der Waals surface area contributed by atoms with Crippen LogP contribution in [-0.4, -0.2) is 24.1 Å². The molecule has 0 saturated heterocycles. The molecular weight excluding hydrogens is 294 g/mol. The smallest absolute Gasteiger partial charge is 0.306 e. The lowest BCUT2D eigenvalue weighted by Crippen LogP contribution is -2.29. The number of rotatable bonds is 4. The summed E-state index contributed by atoms with van der Waals surface area (Å²) in [6, 6.07) is 5.02. The molecule has 1 fully saturated rings. The fraction of sp³-hybridized carbons (Fsp3) is 0.467. The van der Waals surface area contributed by atoms with E-state index in [0.29, 0.717) is 42.1 Å². The van der Waals surface area contributed by atoms with E-state index >= 15 is 0 Å². The molecular formula is C15H18ClNO4. The lowest BCUT2D eigenvalue weighted by Gasteiger charge is -2.25. The number of methoxy groups -OCH3 is 1. The molecule has 0 bridgehead atoms. The molecule has 21 heavy (non-hydrogen) atoms. The Balaban J connectivity index is 1.99. The minimum absolute atomic E-state index is 0.112. The number of carbonyl (C=O) groups excluding carboxylic acids is 1. The topological polar surface area (TPSA) is 75.6 Å². The highest BCUT2D eigenvalue weighted by Crippen LogP contribution is 2.32. The average Bonchev–Trinajstić information content (AvgIpc) is 2.47. The van der Waals surface area contributed by atoms with E-state index in [0.717, 1.165) is 0 Å². The number of ether oxygens (including phenoxy) is 1. The number of nitrogens with one attached hydrogen (secondary N) is 1. The van der Waals surface area contributed by atoms with E-state index in [9.17, 15) is 9.59 Å². The molecule has 2 rings (SSSR count). The molecule has 1 aliphatic rings. The van der Waals surface area contributed by atoms with E-state index in [1.54, 1.807) is 18.2 Å². The van der Waals surface area contributed by atoms with Crippen LogP contribution in [0.1, 0.15) is 25.7 Å². The van der Waals surface area contributed by atoms with Gasteiger partial charge in [0.2, 0.25) is 5.91 Å². The standard InChI is InChI=1S/C15H18ClNO4/c1-21-13-7-6-11(16)8-12(13)17-14(18)9-2-4-10(5-3-9)15(19)20/h6-10H,2-5H2,1H3,(H,17,18)(H,19,20). The average molecular weight is 312 g/mol. The highest BCUT2D eigenvalue weighted by atomic mass is 35.5. The molecule has 1 saturated carbocycles. The molecule has 1 amide bonds. The highest BCUT2D eigenvalue weighted by Gasteiger charge is 2.30. The van der Waals surface area contributed by atoms with Crippen molar-refractivity contribution in [3.8, 4) is 5.75 Å². The molecule has 5 nitrogen and oxygen atoms in total. The van der Waals surface area contributed by atoms with Crippen molar-refractivity contribution in [2.24, 2.45) is 11.8 Å². The van der Waals surface area contributed by atoms with Crippen LogP contribution in [0.3, 0.4) is 0 Å². The Morgan fingerprint density at radius 3 is 2.43 bits per heavy atom. The van der Waals surface area contributed by atoms with E-state index < -0.39 is 5.97 Å². The van der Waals surface area contributed by atoms with Gasteiger partial charge in [-0.3, -0.25) is 9.59 Å². The number of hydrogen-bond acceptors (Lipinski definition) is 3. The molecule has 0 unspecified atom stereocenters. The van der Waals surface area contributed by atoms with E-state index in [4.69, 9.17) is 21.4 Å². The summed E-state index contributed by atoms with van der Waals surface area (Å²) in [7, 11) is 1.52. The molecule has 0 aliphatic heterocycles. The second-order valence-corrected chi connectivity index (χ2v) is 5.66. The molecule has 1 aromatic rings. The van der Waals surface area contributed by atoms with Gasteiger partial charge in [0.25, 0.3) is 0 Å². The van der Waals surface area contributed by atoms with Crippen LogP contribution in [0.5, 0.6) is 5.75 Å². The predicted molar refractivity (Wildman–Crippen MR) is 79.7 cm³/mol. The largest absolute Gasteiger partial charge is 0.495 e. The van der Waals surface area contributed by atoms with Crippen LogP contribution < -0.4 is 10.1 Å². The second kappa shape index (κ2) is 6.80. The second-order valence-electron chi connectivity index (χ2n) is 5.22. The number of carboxylic acid groups (broad SMARTS) is 1. The van der Waals surface area contributed by atoms with Gasteiger partial charge in [-0.2, -0.15) is 0 Å². The summed E-state index contributed by atoms with van der Waals surface area (Å²) in [5.74, 6) is -0.823. The zero-order chi connectivity index (χ0) is 15.4. The zero-order valence-corrected chi connectivity index (χ0v) is 12.5. The number of hydrogen-bond donors (Lipinski definition) is 2. The normalized spacial score (nSPS) is 21.6. The lowest BCUT2D eigenvalue weighted by atomic mass is 9.81. The van der Waals surface area contributed by atoms with Gasteiger partial charge < -0.3 is 15.2 Å². The summed E-state index contributed by atoms with van der Waals surface area (Å²) in [6.07, 6.45) is 2.26. The zero-order valence-electron chi connectivity index (χ0n) is 11.8. The number of anilines is 1. The van der Waals surface area contributed by atoms with Gasteiger partial charge in [0.15, 0.2) is 0 Å². The third kappa shape index (κ3) is 3.88. The molecule has 0 spiro atoms. The van der Waals surface area contributed by atoms with Crippen molar-refractivity contribution in [1.29, 1.82) is 0 Å². The minimum Gasteiger partial charge on any atom is -0.495 e. The van der Waals surface area contributed by atoms with E-state index in [-0.39, 0.29) is 17.7 Å². The van der Waals surface area contributed by atoms with Gasteiger partial charge in [-0.1, -0.05) is 11.6 Å². The monoisotopic (exact) mass is 311 g/mol. The Hall–Kier alpha value is -1.75. The van der Waals surface area contributed by atoms with Gasteiger partial charge >= 0.3 is 5.97 Å². The molecule has 0 atom stereocenters. The molecule has 0 radical (unpaired) electrons. The van der Waals surface area contributed by atoms with Crippen molar-refractivity contribution in [3.63, 3.8) is 0 Å². The first-order valence-electron chi connectivity index (χ1n) is 6.88. The van der Waals surface area contributed by atoms with Gasteiger partial charge in [0.05, 0.1) is 18.7 Å². The van der Waals surface area contributed by atoms with Crippen LogP contribution in [0.4, 0.5) is 5.69 Å². The summed E-state index contributed by atoms with van der Waals surface area (Å²) >= 11 is 5.92. The van der Waals surface area contributed by atoms with Crippen LogP contribution in [0, 0.1) is 11.8 Å². The number of carboxylic acids is 1. The van der Waals surface area contributed by atoms with Crippen LogP contribution in [-0.2, 0) is 9.59 Å². The summed E-state index contributed by atoms with van der Waals surface area (Å²) in [4.78, 5) is 23.2. The van der Waals surface area contributed by atoms with Crippen LogP contribution >= 0.6 is 11.6 Å². The molecule has 0 heterocycles. The van der Waals surface area contributed by atoms with Crippen LogP contribution in [0.15, 0.2) is 18.2 Å². The summed E-state index contributed by atoms with van der Waals surface area (Å²) in [5, 5.41) is 12.3. The number of aliphatic carboxylic acids is 1. The molecule has 1 aromatic carbocycles. The molecule has 0 aromatic heterocycles. The van der Waals surface area contributed by atoms with Crippen molar-refractivity contribution in [2.45, 2.75) is 25.7 Å². The number of amides is 1. The number of benzene rings is 1. The Kier molecular flexibility index (Phi) is 5.07. The Morgan fingerprint density at radius 1 is 1.24 bits per heavy atom.